The predicted octanol–water partition coefficient (Wildman–Crippen LogP) is 3.52. The van der Waals surface area contributed by atoms with Crippen LogP contribution in [0.3, 0.4) is 0 Å². The van der Waals surface area contributed by atoms with E-state index in [0.717, 1.165) is 29.8 Å². The summed E-state index contributed by atoms with van der Waals surface area (Å²) in [6.07, 6.45) is 2.37. The van der Waals surface area contributed by atoms with Crippen molar-refractivity contribution >= 4 is 17.5 Å². The fourth-order valence-electron chi connectivity index (χ4n) is 3.13. The first-order valence-corrected chi connectivity index (χ1v) is 9.06. The number of halogens is 1. The maximum atomic E-state index is 12.6. The summed E-state index contributed by atoms with van der Waals surface area (Å²) in [4.78, 5) is 17.1. The molecule has 0 spiro atoms. The van der Waals surface area contributed by atoms with Gasteiger partial charge in [0.2, 0.25) is 5.91 Å². The van der Waals surface area contributed by atoms with Gasteiger partial charge in [-0.1, -0.05) is 54.1 Å². The summed E-state index contributed by atoms with van der Waals surface area (Å²) < 4.78 is 0. The van der Waals surface area contributed by atoms with Crippen LogP contribution in [-0.2, 0) is 16.6 Å². The molecule has 1 aliphatic carbocycles. The molecule has 26 heavy (non-hydrogen) atoms. The van der Waals surface area contributed by atoms with Crippen molar-refractivity contribution in [2.45, 2.75) is 24.7 Å². The van der Waals surface area contributed by atoms with Gasteiger partial charge in [-0.25, -0.2) is 4.98 Å². The molecule has 1 aromatic heterocycles. The minimum Gasteiger partial charge on any atom is -0.355 e. The maximum Gasteiger partial charge on any atom is 0.230 e. The van der Waals surface area contributed by atoms with Crippen molar-refractivity contribution in [3.05, 3.63) is 71.0 Å². The number of carbonyl (C=O) groups is 1. The van der Waals surface area contributed by atoms with E-state index >= 15 is 0 Å². The van der Waals surface area contributed by atoms with Crippen LogP contribution in [0.15, 0.2) is 54.6 Å². The van der Waals surface area contributed by atoms with Gasteiger partial charge in [0.05, 0.1) is 5.41 Å². The number of carbonyl (C=O) groups excluding carboxylic acids is 1. The lowest BCUT2D eigenvalue weighted by molar-refractivity contribution is -0.123. The molecule has 0 unspecified atom stereocenters. The standard InChI is InChI=1S/C20H19ClN4O/c21-16-8-6-15(7-9-16)20(11-12-20)19(26)22-13-10-17-23-18(25-24-17)14-4-2-1-3-5-14/h1-9H,10-13H2,(H,22,26)(H,23,24,25). The Morgan fingerprint density at radius 2 is 1.85 bits per heavy atom. The van der Waals surface area contributed by atoms with Crippen LogP contribution in [0.4, 0.5) is 0 Å². The van der Waals surface area contributed by atoms with E-state index in [0.29, 0.717) is 23.8 Å². The fourth-order valence-corrected chi connectivity index (χ4v) is 3.25. The van der Waals surface area contributed by atoms with E-state index in [1.807, 2.05) is 54.6 Å². The second kappa shape index (κ2) is 6.92. The highest BCUT2D eigenvalue weighted by Gasteiger charge is 2.50. The van der Waals surface area contributed by atoms with Gasteiger partial charge in [-0.2, -0.15) is 5.10 Å². The Morgan fingerprint density at radius 1 is 1.12 bits per heavy atom. The quantitative estimate of drug-likeness (QED) is 0.701. The average Bonchev–Trinajstić information content (AvgIpc) is 3.35. The van der Waals surface area contributed by atoms with E-state index in [2.05, 4.69) is 20.5 Å². The summed E-state index contributed by atoms with van der Waals surface area (Å²) in [6, 6.07) is 17.4. The van der Waals surface area contributed by atoms with Crippen LogP contribution in [0.25, 0.3) is 11.4 Å². The number of hydrogen-bond acceptors (Lipinski definition) is 3. The topological polar surface area (TPSA) is 70.7 Å². The second-order valence-corrected chi connectivity index (χ2v) is 7.00. The molecule has 0 saturated heterocycles. The molecule has 2 aromatic carbocycles. The predicted molar refractivity (Wildman–Crippen MR) is 101 cm³/mol. The van der Waals surface area contributed by atoms with Crippen LogP contribution in [0.2, 0.25) is 5.02 Å². The third-order valence-electron chi connectivity index (χ3n) is 4.79. The minimum absolute atomic E-state index is 0.0719. The zero-order valence-corrected chi connectivity index (χ0v) is 15.0. The molecule has 2 N–H and O–H groups in total. The molecule has 1 saturated carbocycles. The van der Waals surface area contributed by atoms with Gasteiger partial charge >= 0.3 is 0 Å². The van der Waals surface area contributed by atoms with Gasteiger partial charge in [0.15, 0.2) is 5.82 Å². The Labute approximate surface area is 156 Å². The highest BCUT2D eigenvalue weighted by atomic mass is 35.5. The number of nitrogens with zero attached hydrogens (tertiary/aromatic N) is 2. The Hall–Kier alpha value is -2.66. The van der Waals surface area contributed by atoms with E-state index < -0.39 is 0 Å². The van der Waals surface area contributed by atoms with Crippen molar-refractivity contribution in [3.8, 4) is 11.4 Å². The summed E-state index contributed by atoms with van der Waals surface area (Å²) in [5, 5.41) is 10.9. The Morgan fingerprint density at radius 3 is 2.54 bits per heavy atom. The SMILES string of the molecule is O=C(NCCc1nc(-c2ccccc2)n[nH]1)C1(c2ccc(Cl)cc2)CC1. The zero-order chi connectivity index (χ0) is 18.0. The summed E-state index contributed by atoms with van der Waals surface area (Å²) in [7, 11) is 0. The van der Waals surface area contributed by atoms with Gasteiger partial charge in [0.25, 0.3) is 0 Å². The highest BCUT2D eigenvalue weighted by molar-refractivity contribution is 6.30. The molecule has 1 amide bonds. The van der Waals surface area contributed by atoms with E-state index in [1.54, 1.807) is 0 Å². The molecular formula is C20H19ClN4O. The lowest BCUT2D eigenvalue weighted by Gasteiger charge is -2.15. The van der Waals surface area contributed by atoms with Crippen molar-refractivity contribution < 1.29 is 4.79 Å². The first-order chi connectivity index (χ1) is 12.7. The molecule has 0 radical (unpaired) electrons. The van der Waals surface area contributed by atoms with Crippen LogP contribution >= 0.6 is 11.6 Å². The normalized spacial score (nSPS) is 14.8. The Kier molecular flexibility index (Phi) is 4.47. The monoisotopic (exact) mass is 366 g/mol. The van der Waals surface area contributed by atoms with E-state index in [9.17, 15) is 4.79 Å². The lowest BCUT2D eigenvalue weighted by atomic mass is 9.95. The van der Waals surface area contributed by atoms with Crippen molar-refractivity contribution in [2.75, 3.05) is 6.54 Å². The number of rotatable bonds is 6. The third-order valence-corrected chi connectivity index (χ3v) is 5.04. The van der Waals surface area contributed by atoms with Crippen molar-refractivity contribution in [3.63, 3.8) is 0 Å². The molecule has 0 aliphatic heterocycles. The molecule has 5 nitrogen and oxygen atoms in total. The molecule has 0 bridgehead atoms. The number of nitrogens with one attached hydrogen (secondary N) is 2. The molecule has 132 valence electrons. The van der Waals surface area contributed by atoms with Crippen LogP contribution < -0.4 is 5.32 Å². The summed E-state index contributed by atoms with van der Waals surface area (Å²) in [5.74, 6) is 1.51. The van der Waals surface area contributed by atoms with Crippen LogP contribution in [-0.4, -0.2) is 27.6 Å². The number of benzene rings is 2. The molecule has 3 aromatic rings. The Bertz CT molecular complexity index is 901. The second-order valence-electron chi connectivity index (χ2n) is 6.57. The number of aromatic nitrogens is 3. The van der Waals surface area contributed by atoms with Gasteiger partial charge in [0.1, 0.15) is 5.82 Å². The molecular weight excluding hydrogens is 348 g/mol. The summed E-state index contributed by atoms with van der Waals surface area (Å²) >= 11 is 5.94. The van der Waals surface area contributed by atoms with Gasteiger partial charge in [0, 0.05) is 23.6 Å². The van der Waals surface area contributed by atoms with Crippen molar-refractivity contribution in [1.29, 1.82) is 0 Å². The largest absolute Gasteiger partial charge is 0.355 e. The maximum absolute atomic E-state index is 12.6. The van der Waals surface area contributed by atoms with E-state index in [4.69, 9.17) is 11.6 Å². The molecule has 1 aliphatic rings. The smallest absolute Gasteiger partial charge is 0.230 e. The average molecular weight is 367 g/mol. The molecule has 4 rings (SSSR count). The first-order valence-electron chi connectivity index (χ1n) is 8.68. The van der Waals surface area contributed by atoms with Crippen molar-refractivity contribution in [2.24, 2.45) is 0 Å². The van der Waals surface area contributed by atoms with Gasteiger partial charge in [-0.15, -0.1) is 0 Å². The highest BCUT2D eigenvalue weighted by Crippen LogP contribution is 2.48. The van der Waals surface area contributed by atoms with E-state index in [1.165, 1.54) is 0 Å². The first kappa shape index (κ1) is 16.8. The third kappa shape index (κ3) is 3.35. The van der Waals surface area contributed by atoms with Crippen molar-refractivity contribution in [1.82, 2.24) is 20.5 Å². The van der Waals surface area contributed by atoms with Gasteiger partial charge in [-0.3, -0.25) is 9.89 Å². The number of aromatic amines is 1. The molecule has 1 fully saturated rings. The van der Waals surface area contributed by atoms with E-state index in [-0.39, 0.29) is 11.3 Å². The van der Waals surface area contributed by atoms with Crippen LogP contribution in [0, 0.1) is 0 Å². The minimum atomic E-state index is -0.388. The fraction of sp³-hybridized carbons (Fsp3) is 0.250. The molecule has 1 heterocycles. The van der Waals surface area contributed by atoms with Gasteiger partial charge in [-0.05, 0) is 30.5 Å². The number of hydrogen-bond donors (Lipinski definition) is 2. The molecule has 0 atom stereocenters. The summed E-state index contributed by atoms with van der Waals surface area (Å²) in [5.41, 5.74) is 1.62. The zero-order valence-electron chi connectivity index (χ0n) is 14.2. The van der Waals surface area contributed by atoms with Gasteiger partial charge < -0.3 is 5.32 Å². The Balaban J connectivity index is 1.34. The summed E-state index contributed by atoms with van der Waals surface area (Å²) in [6.45, 7) is 0.525. The number of H-pyrrole nitrogens is 1. The lowest BCUT2D eigenvalue weighted by Crippen LogP contribution is -2.36. The molecule has 6 heteroatoms. The van der Waals surface area contributed by atoms with Crippen LogP contribution in [0.5, 0.6) is 0 Å². The van der Waals surface area contributed by atoms with Crippen LogP contribution in [0.1, 0.15) is 24.2 Å². The number of amides is 1.